The van der Waals surface area contributed by atoms with Crippen LogP contribution in [0.4, 0.5) is 5.69 Å². The molecule has 0 bridgehead atoms. The molecule has 7 heteroatoms. The summed E-state index contributed by atoms with van der Waals surface area (Å²) in [5.41, 5.74) is 3.34. The first-order valence-corrected chi connectivity index (χ1v) is 10.4. The maximum Gasteiger partial charge on any atom is 0.237 e. The highest BCUT2D eigenvalue weighted by Crippen LogP contribution is 2.36. The fraction of sp³-hybridized carbons (Fsp3) is 0.227. The maximum absolute atomic E-state index is 12.8. The molecule has 2 aliphatic rings. The first kappa shape index (κ1) is 17.8. The van der Waals surface area contributed by atoms with Crippen LogP contribution in [0.1, 0.15) is 11.1 Å². The number of pyridine rings is 1. The van der Waals surface area contributed by atoms with Gasteiger partial charge in [-0.2, -0.15) is 5.26 Å². The summed E-state index contributed by atoms with van der Waals surface area (Å²) in [7, 11) is 0. The summed E-state index contributed by atoms with van der Waals surface area (Å²) in [4.78, 5) is 19.2. The number of carbonyl (C=O) groups excluding carboxylic acids is 1. The third-order valence-electron chi connectivity index (χ3n) is 5.08. The Labute approximate surface area is 172 Å². The first-order chi connectivity index (χ1) is 14.2. The topological polar surface area (TPSA) is 75.5 Å². The average Bonchev–Trinajstić information content (AvgIpc) is 3.19. The molecule has 6 nitrogen and oxygen atoms in total. The van der Waals surface area contributed by atoms with Crippen LogP contribution in [-0.4, -0.2) is 36.4 Å². The summed E-state index contributed by atoms with van der Waals surface area (Å²) < 4.78 is 11.2. The second-order valence-corrected chi connectivity index (χ2v) is 7.82. The van der Waals surface area contributed by atoms with Crippen LogP contribution in [-0.2, 0) is 11.2 Å². The zero-order valence-corrected chi connectivity index (χ0v) is 16.4. The zero-order valence-electron chi connectivity index (χ0n) is 15.6. The van der Waals surface area contributed by atoms with E-state index in [1.54, 1.807) is 6.07 Å². The molecule has 2 aliphatic heterocycles. The molecular formula is C22H17N3O3S. The van der Waals surface area contributed by atoms with Crippen molar-refractivity contribution in [3.63, 3.8) is 0 Å². The molecule has 0 aliphatic carbocycles. The molecule has 29 heavy (non-hydrogen) atoms. The molecule has 1 aromatic heterocycles. The summed E-state index contributed by atoms with van der Waals surface area (Å²) >= 11 is 1.30. The van der Waals surface area contributed by atoms with Crippen molar-refractivity contribution in [1.82, 2.24) is 4.98 Å². The number of carbonyl (C=O) groups is 1. The molecule has 0 radical (unpaired) electrons. The van der Waals surface area contributed by atoms with Gasteiger partial charge < -0.3 is 14.4 Å². The van der Waals surface area contributed by atoms with Crippen LogP contribution >= 0.6 is 11.8 Å². The number of amides is 1. The molecule has 144 valence electrons. The van der Waals surface area contributed by atoms with Crippen molar-refractivity contribution in [2.45, 2.75) is 11.4 Å². The van der Waals surface area contributed by atoms with Gasteiger partial charge in [-0.25, -0.2) is 4.98 Å². The van der Waals surface area contributed by atoms with Gasteiger partial charge in [-0.1, -0.05) is 30.0 Å². The van der Waals surface area contributed by atoms with Crippen LogP contribution in [0.2, 0.25) is 0 Å². The van der Waals surface area contributed by atoms with E-state index in [1.807, 2.05) is 35.2 Å². The quantitative estimate of drug-likeness (QED) is 0.623. The van der Waals surface area contributed by atoms with E-state index in [4.69, 9.17) is 9.47 Å². The molecule has 0 saturated carbocycles. The smallest absolute Gasteiger partial charge is 0.237 e. The monoisotopic (exact) mass is 403 g/mol. The number of rotatable bonds is 3. The van der Waals surface area contributed by atoms with Gasteiger partial charge in [0.15, 0.2) is 11.5 Å². The lowest BCUT2D eigenvalue weighted by atomic mass is 10.1. The summed E-state index contributed by atoms with van der Waals surface area (Å²) in [5, 5.41) is 10.9. The minimum atomic E-state index is 0.0212. The molecule has 0 spiro atoms. The second-order valence-electron chi connectivity index (χ2n) is 6.85. The predicted molar refractivity (Wildman–Crippen MR) is 111 cm³/mol. The number of benzene rings is 2. The van der Waals surface area contributed by atoms with Gasteiger partial charge in [0, 0.05) is 23.7 Å². The van der Waals surface area contributed by atoms with Gasteiger partial charge in [-0.15, -0.1) is 0 Å². The van der Waals surface area contributed by atoms with Crippen molar-refractivity contribution in [1.29, 1.82) is 5.26 Å². The molecule has 0 atom stereocenters. The highest BCUT2D eigenvalue weighted by atomic mass is 32.2. The minimum Gasteiger partial charge on any atom is -0.486 e. The van der Waals surface area contributed by atoms with E-state index in [0.717, 1.165) is 23.0 Å². The van der Waals surface area contributed by atoms with Crippen molar-refractivity contribution >= 4 is 34.3 Å². The van der Waals surface area contributed by atoms with Crippen molar-refractivity contribution < 1.29 is 14.3 Å². The van der Waals surface area contributed by atoms with Gasteiger partial charge in [0.05, 0.1) is 16.8 Å². The highest BCUT2D eigenvalue weighted by Gasteiger charge is 2.24. The van der Waals surface area contributed by atoms with Crippen molar-refractivity contribution in [2.24, 2.45) is 0 Å². The Morgan fingerprint density at radius 2 is 1.97 bits per heavy atom. The van der Waals surface area contributed by atoms with Gasteiger partial charge in [-0.05, 0) is 30.2 Å². The largest absolute Gasteiger partial charge is 0.486 e. The third-order valence-corrected chi connectivity index (χ3v) is 6.06. The maximum atomic E-state index is 12.8. The van der Waals surface area contributed by atoms with E-state index in [9.17, 15) is 10.1 Å². The summed E-state index contributed by atoms with van der Waals surface area (Å²) in [6, 6.07) is 15.6. The predicted octanol–water partition coefficient (Wildman–Crippen LogP) is 3.56. The Bertz CT molecular complexity index is 1170. The molecule has 0 saturated heterocycles. The Kier molecular flexibility index (Phi) is 4.49. The molecular weight excluding hydrogens is 386 g/mol. The average molecular weight is 403 g/mol. The van der Waals surface area contributed by atoms with Crippen LogP contribution in [0.15, 0.2) is 47.5 Å². The molecule has 2 aromatic carbocycles. The second kappa shape index (κ2) is 7.30. The SMILES string of the molecule is N#Cc1cc2cc3c(cc2nc1SCC(=O)N1CCc2ccccc21)OCCO3. The van der Waals surface area contributed by atoms with Crippen molar-refractivity contribution in [3.05, 3.63) is 53.6 Å². The number of hydrogen-bond acceptors (Lipinski definition) is 6. The van der Waals surface area contributed by atoms with Crippen molar-refractivity contribution in [2.75, 3.05) is 30.4 Å². The number of anilines is 1. The molecule has 1 amide bonds. The van der Waals surface area contributed by atoms with Gasteiger partial charge in [-0.3, -0.25) is 4.79 Å². The summed E-state index contributed by atoms with van der Waals surface area (Å²) in [6.45, 7) is 1.70. The Morgan fingerprint density at radius 1 is 1.17 bits per heavy atom. The van der Waals surface area contributed by atoms with Crippen LogP contribution in [0, 0.1) is 11.3 Å². The van der Waals surface area contributed by atoms with E-state index < -0.39 is 0 Å². The van der Waals surface area contributed by atoms with Crippen LogP contribution < -0.4 is 14.4 Å². The Balaban J connectivity index is 1.40. The number of thioether (sulfide) groups is 1. The molecule has 5 rings (SSSR count). The number of aromatic nitrogens is 1. The van der Waals surface area contributed by atoms with E-state index in [-0.39, 0.29) is 11.7 Å². The highest BCUT2D eigenvalue weighted by molar-refractivity contribution is 8.00. The number of para-hydroxylation sites is 1. The van der Waals surface area contributed by atoms with E-state index >= 15 is 0 Å². The van der Waals surface area contributed by atoms with Gasteiger partial charge >= 0.3 is 0 Å². The zero-order chi connectivity index (χ0) is 19.8. The molecule has 0 fully saturated rings. The van der Waals surface area contributed by atoms with Gasteiger partial charge in [0.1, 0.15) is 24.3 Å². The Morgan fingerprint density at radius 3 is 2.79 bits per heavy atom. The van der Waals surface area contributed by atoms with Crippen LogP contribution in [0.25, 0.3) is 10.9 Å². The minimum absolute atomic E-state index is 0.0212. The van der Waals surface area contributed by atoms with E-state index in [1.165, 1.54) is 17.3 Å². The number of nitriles is 1. The van der Waals surface area contributed by atoms with Crippen LogP contribution in [0.3, 0.4) is 0 Å². The Hall–Kier alpha value is -3.24. The number of ether oxygens (including phenoxy) is 2. The standard InChI is InChI=1S/C22H17N3O3S/c23-12-16-9-15-10-19-20(28-8-7-27-19)11-17(15)24-22(16)29-13-21(26)25-6-5-14-3-1-2-4-18(14)25/h1-4,9-11H,5-8,13H2. The van der Waals surface area contributed by atoms with Crippen LogP contribution in [0.5, 0.6) is 11.5 Å². The number of nitrogens with zero attached hydrogens (tertiary/aromatic N) is 3. The fourth-order valence-corrected chi connectivity index (χ4v) is 4.53. The summed E-state index contributed by atoms with van der Waals surface area (Å²) in [5.74, 6) is 1.57. The van der Waals surface area contributed by atoms with E-state index in [2.05, 4.69) is 17.1 Å². The lowest BCUT2D eigenvalue weighted by Gasteiger charge is -2.19. The lowest BCUT2D eigenvalue weighted by Crippen LogP contribution is -2.30. The molecule has 3 heterocycles. The van der Waals surface area contributed by atoms with Crippen molar-refractivity contribution in [3.8, 4) is 17.6 Å². The molecule has 3 aromatic rings. The van der Waals surface area contributed by atoms with E-state index in [0.29, 0.717) is 41.8 Å². The normalized spacial score (nSPS) is 14.5. The molecule has 0 unspecified atom stereocenters. The lowest BCUT2D eigenvalue weighted by molar-refractivity contribution is -0.116. The fourth-order valence-electron chi connectivity index (χ4n) is 3.69. The first-order valence-electron chi connectivity index (χ1n) is 9.38. The summed E-state index contributed by atoms with van der Waals surface area (Å²) in [6.07, 6.45) is 0.872. The molecule has 0 N–H and O–H groups in total. The number of hydrogen-bond donors (Lipinski definition) is 0. The number of fused-ring (bicyclic) bond motifs is 3. The third kappa shape index (κ3) is 3.26. The van der Waals surface area contributed by atoms with Gasteiger partial charge in [0.2, 0.25) is 5.91 Å². The van der Waals surface area contributed by atoms with Gasteiger partial charge in [0.25, 0.3) is 0 Å².